The second kappa shape index (κ2) is 7.61. The fourth-order valence-corrected chi connectivity index (χ4v) is 2.72. The van der Waals surface area contributed by atoms with Gasteiger partial charge in [-0.1, -0.05) is 12.1 Å². The molecule has 1 fully saturated rings. The SMILES string of the molecule is CC(=O)N1CCN(C(=O)c2cnc(Nc3ccccc3C#N)nc2)CC1. The summed E-state index contributed by atoms with van der Waals surface area (Å²) >= 11 is 0. The molecule has 0 unspecified atom stereocenters. The Morgan fingerprint density at radius 3 is 2.31 bits per heavy atom. The standard InChI is InChI=1S/C18H18N6O2/c1-13(25)23-6-8-24(9-7-23)17(26)15-11-20-18(21-12-15)22-16-5-3-2-4-14(16)10-19/h2-5,11-12H,6-9H2,1H3,(H,20,21,22). The first-order chi connectivity index (χ1) is 12.6. The number of aromatic nitrogens is 2. The number of nitrogens with zero attached hydrogens (tertiary/aromatic N) is 5. The Balaban J connectivity index is 1.65. The van der Waals surface area contributed by atoms with Gasteiger partial charge in [0.2, 0.25) is 11.9 Å². The fourth-order valence-electron chi connectivity index (χ4n) is 2.72. The zero-order chi connectivity index (χ0) is 18.5. The van der Waals surface area contributed by atoms with Crippen LogP contribution in [-0.4, -0.2) is 57.8 Å². The number of carbonyl (C=O) groups is 2. The van der Waals surface area contributed by atoms with E-state index in [1.165, 1.54) is 19.3 Å². The summed E-state index contributed by atoms with van der Waals surface area (Å²) < 4.78 is 0. The van der Waals surface area contributed by atoms with E-state index >= 15 is 0 Å². The molecule has 8 heteroatoms. The lowest BCUT2D eigenvalue weighted by Gasteiger charge is -2.34. The molecule has 0 radical (unpaired) electrons. The Labute approximate surface area is 151 Å². The van der Waals surface area contributed by atoms with Crippen molar-refractivity contribution in [1.29, 1.82) is 5.26 Å². The maximum atomic E-state index is 12.5. The molecule has 2 heterocycles. The number of nitrogens with one attached hydrogen (secondary N) is 1. The van der Waals surface area contributed by atoms with Crippen molar-refractivity contribution in [3.05, 3.63) is 47.8 Å². The average molecular weight is 350 g/mol. The molecule has 0 aliphatic carbocycles. The van der Waals surface area contributed by atoms with E-state index in [9.17, 15) is 9.59 Å². The lowest BCUT2D eigenvalue weighted by Crippen LogP contribution is -2.50. The molecule has 1 aliphatic heterocycles. The number of rotatable bonds is 3. The van der Waals surface area contributed by atoms with Gasteiger partial charge in [-0.3, -0.25) is 9.59 Å². The summed E-state index contributed by atoms with van der Waals surface area (Å²) in [5.41, 5.74) is 1.48. The summed E-state index contributed by atoms with van der Waals surface area (Å²) in [6.07, 6.45) is 2.92. The van der Waals surface area contributed by atoms with Gasteiger partial charge >= 0.3 is 0 Å². The summed E-state index contributed by atoms with van der Waals surface area (Å²) in [5.74, 6) is 0.177. The second-order valence-electron chi connectivity index (χ2n) is 5.88. The number of hydrogen-bond donors (Lipinski definition) is 1. The molecule has 0 atom stereocenters. The van der Waals surface area contributed by atoms with Crippen molar-refractivity contribution in [2.45, 2.75) is 6.92 Å². The van der Waals surface area contributed by atoms with E-state index in [0.29, 0.717) is 48.9 Å². The number of carbonyl (C=O) groups excluding carboxylic acids is 2. The number of nitriles is 1. The highest BCUT2D eigenvalue weighted by Gasteiger charge is 2.23. The van der Waals surface area contributed by atoms with Crippen molar-refractivity contribution >= 4 is 23.5 Å². The number of benzene rings is 1. The number of amides is 2. The molecule has 0 spiro atoms. The molecule has 2 amide bonds. The lowest BCUT2D eigenvalue weighted by molar-refractivity contribution is -0.130. The van der Waals surface area contributed by atoms with Gasteiger partial charge in [-0.15, -0.1) is 0 Å². The van der Waals surface area contributed by atoms with Gasteiger partial charge in [0.15, 0.2) is 0 Å². The van der Waals surface area contributed by atoms with E-state index in [1.807, 2.05) is 6.07 Å². The van der Waals surface area contributed by atoms with Gasteiger partial charge < -0.3 is 15.1 Å². The minimum absolute atomic E-state index is 0.0218. The minimum Gasteiger partial charge on any atom is -0.339 e. The van der Waals surface area contributed by atoms with Crippen LogP contribution in [0.1, 0.15) is 22.8 Å². The quantitative estimate of drug-likeness (QED) is 0.897. The van der Waals surface area contributed by atoms with Crippen LogP contribution in [-0.2, 0) is 4.79 Å². The summed E-state index contributed by atoms with van der Waals surface area (Å²) in [6, 6.07) is 9.13. The maximum Gasteiger partial charge on any atom is 0.257 e. The number of piperazine rings is 1. The predicted octanol–water partition coefficient (Wildman–Crippen LogP) is 1.40. The molecular weight excluding hydrogens is 332 g/mol. The van der Waals surface area contributed by atoms with Gasteiger partial charge in [0.25, 0.3) is 5.91 Å². The van der Waals surface area contributed by atoms with Crippen LogP contribution in [0.15, 0.2) is 36.7 Å². The third-order valence-electron chi connectivity index (χ3n) is 4.20. The second-order valence-corrected chi connectivity index (χ2v) is 5.88. The van der Waals surface area contributed by atoms with Crippen LogP contribution in [0.2, 0.25) is 0 Å². The molecule has 2 aromatic rings. The molecule has 1 aliphatic rings. The van der Waals surface area contributed by atoms with Crippen LogP contribution >= 0.6 is 0 Å². The molecule has 132 valence electrons. The van der Waals surface area contributed by atoms with E-state index in [-0.39, 0.29) is 11.8 Å². The zero-order valence-corrected chi connectivity index (χ0v) is 14.3. The Bertz CT molecular complexity index is 851. The van der Waals surface area contributed by atoms with Gasteiger partial charge in [-0.25, -0.2) is 9.97 Å². The van der Waals surface area contributed by atoms with Crippen molar-refractivity contribution in [1.82, 2.24) is 19.8 Å². The topological polar surface area (TPSA) is 102 Å². The van der Waals surface area contributed by atoms with Crippen LogP contribution in [0, 0.1) is 11.3 Å². The highest BCUT2D eigenvalue weighted by molar-refractivity contribution is 5.94. The van der Waals surface area contributed by atoms with Gasteiger partial charge in [0.1, 0.15) is 6.07 Å². The molecule has 26 heavy (non-hydrogen) atoms. The normalized spacial score (nSPS) is 13.8. The summed E-state index contributed by atoms with van der Waals surface area (Å²) in [4.78, 5) is 35.6. The first-order valence-electron chi connectivity index (χ1n) is 8.21. The van der Waals surface area contributed by atoms with Crippen molar-refractivity contribution in [3.63, 3.8) is 0 Å². The van der Waals surface area contributed by atoms with Crippen LogP contribution in [0.5, 0.6) is 0 Å². The molecule has 0 saturated carbocycles. The highest BCUT2D eigenvalue weighted by Crippen LogP contribution is 2.17. The fraction of sp³-hybridized carbons (Fsp3) is 0.278. The molecule has 1 N–H and O–H groups in total. The van der Waals surface area contributed by atoms with E-state index < -0.39 is 0 Å². The third-order valence-corrected chi connectivity index (χ3v) is 4.20. The van der Waals surface area contributed by atoms with Gasteiger partial charge in [0.05, 0.1) is 16.8 Å². The first-order valence-corrected chi connectivity index (χ1v) is 8.21. The summed E-state index contributed by atoms with van der Waals surface area (Å²) in [5, 5.41) is 12.1. The van der Waals surface area contributed by atoms with Crippen LogP contribution in [0.25, 0.3) is 0 Å². The predicted molar refractivity (Wildman–Crippen MR) is 94.6 cm³/mol. The average Bonchev–Trinajstić information content (AvgIpc) is 2.68. The maximum absolute atomic E-state index is 12.5. The van der Waals surface area contributed by atoms with Crippen LogP contribution in [0.4, 0.5) is 11.6 Å². The smallest absolute Gasteiger partial charge is 0.257 e. The Kier molecular flexibility index (Phi) is 5.08. The van der Waals surface area contributed by atoms with Crippen molar-refractivity contribution < 1.29 is 9.59 Å². The van der Waals surface area contributed by atoms with Crippen LogP contribution < -0.4 is 5.32 Å². The van der Waals surface area contributed by atoms with E-state index in [1.54, 1.807) is 28.0 Å². The number of hydrogen-bond acceptors (Lipinski definition) is 6. The van der Waals surface area contributed by atoms with Gasteiger partial charge in [0, 0.05) is 45.5 Å². The zero-order valence-electron chi connectivity index (χ0n) is 14.3. The Morgan fingerprint density at radius 1 is 1.08 bits per heavy atom. The highest BCUT2D eigenvalue weighted by atomic mass is 16.2. The van der Waals surface area contributed by atoms with Gasteiger partial charge in [-0.2, -0.15) is 5.26 Å². The van der Waals surface area contributed by atoms with Crippen molar-refractivity contribution in [3.8, 4) is 6.07 Å². The van der Waals surface area contributed by atoms with E-state index in [0.717, 1.165) is 0 Å². The Hall–Kier alpha value is -3.47. The molecule has 1 aromatic heterocycles. The number of para-hydroxylation sites is 1. The lowest BCUT2D eigenvalue weighted by atomic mass is 10.2. The molecule has 1 aromatic carbocycles. The largest absolute Gasteiger partial charge is 0.339 e. The molecule has 3 rings (SSSR count). The van der Waals surface area contributed by atoms with Crippen LogP contribution in [0.3, 0.4) is 0 Å². The molecular formula is C18H18N6O2. The Morgan fingerprint density at radius 2 is 1.69 bits per heavy atom. The number of anilines is 2. The first kappa shape index (κ1) is 17.4. The van der Waals surface area contributed by atoms with Gasteiger partial charge in [-0.05, 0) is 12.1 Å². The van der Waals surface area contributed by atoms with Crippen molar-refractivity contribution in [2.75, 3.05) is 31.5 Å². The monoisotopic (exact) mass is 350 g/mol. The minimum atomic E-state index is -0.155. The van der Waals surface area contributed by atoms with E-state index in [4.69, 9.17) is 5.26 Å². The molecule has 0 bridgehead atoms. The molecule has 8 nitrogen and oxygen atoms in total. The van der Waals surface area contributed by atoms with Crippen molar-refractivity contribution in [2.24, 2.45) is 0 Å². The summed E-state index contributed by atoms with van der Waals surface area (Å²) in [7, 11) is 0. The third kappa shape index (κ3) is 3.78. The molecule has 1 saturated heterocycles. The van der Waals surface area contributed by atoms with E-state index in [2.05, 4.69) is 21.4 Å². The summed E-state index contributed by atoms with van der Waals surface area (Å²) in [6.45, 7) is 3.59.